The first-order valence-electron chi connectivity index (χ1n) is 14.5. The summed E-state index contributed by atoms with van der Waals surface area (Å²) in [5.41, 5.74) is 1.27. The zero-order valence-corrected chi connectivity index (χ0v) is 25.9. The van der Waals surface area contributed by atoms with Crippen LogP contribution in [0.1, 0.15) is 37.8 Å². The van der Waals surface area contributed by atoms with E-state index in [4.69, 9.17) is 14.2 Å². The van der Waals surface area contributed by atoms with Crippen LogP contribution in [0.5, 0.6) is 5.75 Å². The molecule has 7 rings (SSSR count). The highest BCUT2D eigenvalue weighted by atomic mass is 32.2. The van der Waals surface area contributed by atoms with Gasteiger partial charge in [0.25, 0.3) is 0 Å². The molecule has 3 aromatic heterocycles. The van der Waals surface area contributed by atoms with Crippen molar-refractivity contribution in [1.29, 1.82) is 0 Å². The predicted octanol–water partition coefficient (Wildman–Crippen LogP) is 4.21. The van der Waals surface area contributed by atoms with Gasteiger partial charge in [-0.25, -0.2) is 31.7 Å². The van der Waals surface area contributed by atoms with Crippen LogP contribution in [-0.2, 0) is 19.3 Å². The lowest BCUT2D eigenvalue weighted by Crippen LogP contribution is -2.42. The van der Waals surface area contributed by atoms with Gasteiger partial charge in [0.1, 0.15) is 17.2 Å². The number of ether oxygens (including phenoxy) is 3. The number of aliphatic hydroxyl groups is 1. The number of anilines is 1. The van der Waals surface area contributed by atoms with Crippen LogP contribution in [0.25, 0.3) is 38.4 Å². The Hall–Kier alpha value is -3.98. The first-order chi connectivity index (χ1) is 21.5. The third kappa shape index (κ3) is 4.53. The van der Waals surface area contributed by atoms with Crippen LogP contribution < -0.4 is 9.64 Å². The average Bonchev–Trinajstić information content (AvgIpc) is 3.43. The number of aromatic nitrogens is 4. The van der Waals surface area contributed by atoms with Crippen LogP contribution in [0.2, 0.25) is 0 Å². The fraction of sp³-hybridized carbons (Fsp3) is 0.387. The number of methoxy groups -OCH3 is 1. The molecule has 0 bridgehead atoms. The lowest BCUT2D eigenvalue weighted by atomic mass is 9.78. The molecule has 1 aliphatic heterocycles. The summed E-state index contributed by atoms with van der Waals surface area (Å²) in [5.74, 6) is -1.96. The number of rotatable bonds is 6. The van der Waals surface area contributed by atoms with E-state index in [1.807, 2.05) is 0 Å². The smallest absolute Gasteiger partial charge is 0.249 e. The summed E-state index contributed by atoms with van der Waals surface area (Å²) in [5, 5.41) is 16.3. The standard InChI is InChI=1S/C31H31F2N5O6S/c1-5-45(40,41)30-35-27-23-16(2)22-19(32)7-6-17-24(22)18(12-21(26(17)33)44-15-42-4)28(23)38-20(8-9-34-38)25(27)29(36-30)37-10-11-43-14-31(3,39)13-37/h6-9,12,16,39H,5,10-11,13-15H2,1-4H3/t16?,31-/m0/s1. The molecule has 2 aromatic carbocycles. The quantitative estimate of drug-likeness (QED) is 0.213. The zero-order valence-electron chi connectivity index (χ0n) is 25.1. The van der Waals surface area contributed by atoms with E-state index in [-0.39, 0.29) is 65.5 Å². The van der Waals surface area contributed by atoms with Gasteiger partial charge < -0.3 is 24.2 Å². The number of fused-ring (bicyclic) bond motifs is 7. The van der Waals surface area contributed by atoms with E-state index >= 15 is 8.78 Å². The molecule has 2 atom stereocenters. The molecule has 14 heteroatoms. The summed E-state index contributed by atoms with van der Waals surface area (Å²) in [6.07, 6.45) is 1.59. The number of sulfone groups is 1. The highest BCUT2D eigenvalue weighted by Crippen LogP contribution is 2.51. The molecule has 0 amide bonds. The molecule has 45 heavy (non-hydrogen) atoms. The summed E-state index contributed by atoms with van der Waals surface area (Å²) in [4.78, 5) is 11.1. The van der Waals surface area contributed by atoms with Gasteiger partial charge in [-0.15, -0.1) is 0 Å². The largest absolute Gasteiger partial charge is 0.464 e. The maximum atomic E-state index is 15.8. The molecular formula is C31H31F2N5O6S. The molecular weight excluding hydrogens is 608 g/mol. The van der Waals surface area contributed by atoms with E-state index in [0.717, 1.165) is 0 Å². The molecule has 1 saturated heterocycles. The van der Waals surface area contributed by atoms with Crippen molar-refractivity contribution < 1.29 is 36.5 Å². The van der Waals surface area contributed by atoms with Crippen molar-refractivity contribution in [1.82, 2.24) is 19.6 Å². The van der Waals surface area contributed by atoms with Crippen molar-refractivity contribution in [3.05, 3.63) is 53.2 Å². The van der Waals surface area contributed by atoms with Crippen LogP contribution in [-0.4, -0.2) is 84.7 Å². The molecule has 0 spiro atoms. The number of hydrogen-bond acceptors (Lipinski definition) is 10. The fourth-order valence-electron chi connectivity index (χ4n) is 6.55. The van der Waals surface area contributed by atoms with Gasteiger partial charge >= 0.3 is 0 Å². The van der Waals surface area contributed by atoms with Crippen LogP contribution in [0.3, 0.4) is 0 Å². The van der Waals surface area contributed by atoms with Gasteiger partial charge in [0.05, 0.1) is 53.8 Å². The van der Waals surface area contributed by atoms with Crippen LogP contribution in [0, 0.1) is 11.6 Å². The SMILES string of the molecule is CCS(=O)(=O)c1nc(N2CCOC[C@@](C)(O)C2)c2c(n1)c1c(n3nccc23)-c2cc(OCOC)c(F)c3ccc(F)c(c23)C1C. The molecule has 2 aliphatic rings. The minimum Gasteiger partial charge on any atom is -0.464 e. The third-order valence-corrected chi connectivity index (χ3v) is 10.0. The second-order valence-corrected chi connectivity index (χ2v) is 13.9. The van der Waals surface area contributed by atoms with Gasteiger partial charge in [0.15, 0.2) is 18.4 Å². The second-order valence-electron chi connectivity index (χ2n) is 11.7. The molecule has 0 saturated carbocycles. The Kier molecular flexibility index (Phi) is 6.96. The van der Waals surface area contributed by atoms with Crippen LogP contribution in [0.4, 0.5) is 14.6 Å². The maximum Gasteiger partial charge on any atom is 0.249 e. The number of nitrogens with zero attached hydrogens (tertiary/aromatic N) is 5. The van der Waals surface area contributed by atoms with E-state index in [1.54, 1.807) is 35.5 Å². The van der Waals surface area contributed by atoms with Crippen molar-refractivity contribution >= 4 is 42.8 Å². The highest BCUT2D eigenvalue weighted by molar-refractivity contribution is 7.91. The number of benzene rings is 2. The Morgan fingerprint density at radius 3 is 2.73 bits per heavy atom. The zero-order chi connectivity index (χ0) is 31.8. The van der Waals surface area contributed by atoms with E-state index in [0.29, 0.717) is 39.7 Å². The summed E-state index contributed by atoms with van der Waals surface area (Å²) in [7, 11) is -2.51. The Labute approximate surface area is 257 Å². The molecule has 236 valence electrons. The van der Waals surface area contributed by atoms with Crippen molar-refractivity contribution in [3.8, 4) is 17.0 Å². The van der Waals surface area contributed by atoms with Crippen molar-refractivity contribution in [3.63, 3.8) is 0 Å². The monoisotopic (exact) mass is 639 g/mol. The normalized spacial score (nSPS) is 20.2. The minimum absolute atomic E-state index is 0.0886. The molecule has 4 heterocycles. The second kappa shape index (κ2) is 10.5. The summed E-state index contributed by atoms with van der Waals surface area (Å²) < 4.78 is 76.3. The Morgan fingerprint density at radius 2 is 1.98 bits per heavy atom. The van der Waals surface area contributed by atoms with Gasteiger partial charge in [0, 0.05) is 47.0 Å². The van der Waals surface area contributed by atoms with E-state index in [2.05, 4.69) is 15.1 Å². The maximum absolute atomic E-state index is 15.8. The van der Waals surface area contributed by atoms with Crippen molar-refractivity contribution in [2.45, 2.75) is 37.4 Å². The summed E-state index contributed by atoms with van der Waals surface area (Å²) in [6, 6.07) is 5.84. The first kappa shape index (κ1) is 29.7. The number of hydrogen-bond donors (Lipinski definition) is 1. The molecule has 1 aliphatic carbocycles. The van der Waals surface area contributed by atoms with Crippen LogP contribution >= 0.6 is 0 Å². The van der Waals surface area contributed by atoms with Gasteiger partial charge in [-0.3, -0.25) is 0 Å². The molecule has 0 radical (unpaired) electrons. The van der Waals surface area contributed by atoms with Crippen LogP contribution in [0.15, 0.2) is 35.6 Å². The van der Waals surface area contributed by atoms with Gasteiger partial charge in [-0.05, 0) is 31.2 Å². The predicted molar refractivity (Wildman–Crippen MR) is 163 cm³/mol. The lowest BCUT2D eigenvalue weighted by molar-refractivity contribution is -0.0123. The van der Waals surface area contributed by atoms with Gasteiger partial charge in [-0.1, -0.05) is 13.8 Å². The summed E-state index contributed by atoms with van der Waals surface area (Å²) >= 11 is 0. The average molecular weight is 640 g/mol. The molecule has 1 N–H and O–H groups in total. The number of pyridine rings is 1. The minimum atomic E-state index is -3.93. The summed E-state index contributed by atoms with van der Waals surface area (Å²) in [6.45, 7) is 5.49. The Morgan fingerprint density at radius 1 is 1.18 bits per heavy atom. The highest BCUT2D eigenvalue weighted by Gasteiger charge is 2.37. The molecule has 5 aromatic rings. The van der Waals surface area contributed by atoms with E-state index < -0.39 is 33.0 Å². The Bertz CT molecular complexity index is 2130. The topological polar surface area (TPSA) is 128 Å². The van der Waals surface area contributed by atoms with Crippen molar-refractivity contribution in [2.75, 3.05) is 50.9 Å². The Balaban J connectivity index is 1.66. The third-order valence-electron chi connectivity index (χ3n) is 8.54. The first-order valence-corrected chi connectivity index (χ1v) is 16.2. The molecule has 11 nitrogen and oxygen atoms in total. The van der Waals surface area contributed by atoms with E-state index in [1.165, 1.54) is 32.2 Å². The fourth-order valence-corrected chi connectivity index (χ4v) is 7.27. The number of halogens is 2. The van der Waals surface area contributed by atoms with E-state index in [9.17, 15) is 13.5 Å². The van der Waals surface area contributed by atoms with Crippen molar-refractivity contribution in [2.24, 2.45) is 0 Å². The number of β-amino-alcohol motifs (C(OH)–C–C–N with tert-alkyl or cyclic N) is 1. The van der Waals surface area contributed by atoms with Gasteiger partial charge in [-0.2, -0.15) is 5.10 Å². The van der Waals surface area contributed by atoms with Gasteiger partial charge in [0.2, 0.25) is 15.0 Å². The lowest BCUT2D eigenvalue weighted by Gasteiger charge is -2.32. The molecule has 1 unspecified atom stereocenters. The molecule has 1 fully saturated rings.